The second-order valence-corrected chi connectivity index (χ2v) is 10.9. The van der Waals surface area contributed by atoms with Gasteiger partial charge in [-0.3, -0.25) is 0 Å². The number of fused-ring (bicyclic) bond motifs is 2. The van der Waals surface area contributed by atoms with Crippen molar-refractivity contribution < 1.29 is 9.32 Å². The van der Waals surface area contributed by atoms with E-state index in [-0.39, 0.29) is 10.9 Å². The summed E-state index contributed by atoms with van der Waals surface area (Å²) >= 11 is 0. The van der Waals surface area contributed by atoms with Crippen molar-refractivity contribution in [1.29, 1.82) is 4.78 Å². The van der Waals surface area contributed by atoms with E-state index in [0.717, 1.165) is 37.1 Å². The van der Waals surface area contributed by atoms with Crippen LogP contribution in [0.3, 0.4) is 0 Å². The number of rotatable bonds is 5. The third-order valence-electron chi connectivity index (χ3n) is 6.97. The van der Waals surface area contributed by atoms with Crippen molar-refractivity contribution in [2.75, 3.05) is 4.90 Å². The molecule has 8 nitrogen and oxygen atoms in total. The average Bonchev–Trinajstić information content (AvgIpc) is 3.03. The summed E-state index contributed by atoms with van der Waals surface area (Å²) in [7, 11) is -3.37. The van der Waals surface area contributed by atoms with Gasteiger partial charge in [0.25, 0.3) is 0 Å². The SMILES string of the molecule is [N-]=[N+]=Nc1ccc(S(=N)(=O)NC2CCCC(N3c4ccccc4CCc4ccccc43)C2O)cc1. The first-order valence-electron chi connectivity index (χ1n) is 11.8. The molecule has 9 heteroatoms. The summed E-state index contributed by atoms with van der Waals surface area (Å²) in [6, 6.07) is 22.1. The van der Waals surface area contributed by atoms with Crippen molar-refractivity contribution in [3.05, 3.63) is 94.4 Å². The molecule has 3 N–H and O–H groups in total. The fourth-order valence-corrected chi connectivity index (χ4v) is 6.61. The molecule has 35 heavy (non-hydrogen) atoms. The van der Waals surface area contributed by atoms with Crippen LogP contribution in [0.25, 0.3) is 10.4 Å². The highest BCUT2D eigenvalue weighted by atomic mass is 32.2. The predicted molar refractivity (Wildman–Crippen MR) is 137 cm³/mol. The molecule has 1 heterocycles. The van der Waals surface area contributed by atoms with Gasteiger partial charge in [0.2, 0.25) is 0 Å². The third kappa shape index (κ3) is 4.63. The molecule has 3 aromatic rings. The van der Waals surface area contributed by atoms with Gasteiger partial charge in [0, 0.05) is 28.0 Å². The molecule has 0 aromatic heterocycles. The first kappa shape index (κ1) is 23.4. The Hall–Kier alpha value is -3.36. The molecule has 1 saturated carbocycles. The number of nitrogens with zero attached hydrogens (tertiary/aromatic N) is 4. The summed E-state index contributed by atoms with van der Waals surface area (Å²) in [5, 5.41) is 15.1. The minimum absolute atomic E-state index is 0.218. The summed E-state index contributed by atoms with van der Waals surface area (Å²) in [5.41, 5.74) is 13.7. The third-order valence-corrected chi connectivity index (χ3v) is 8.54. The van der Waals surface area contributed by atoms with E-state index in [1.807, 2.05) is 12.1 Å². The molecule has 5 rings (SSSR count). The van der Waals surface area contributed by atoms with Crippen molar-refractivity contribution in [3.63, 3.8) is 0 Å². The maximum absolute atomic E-state index is 13.3. The number of nitrogens with one attached hydrogen (secondary N) is 2. The first-order valence-corrected chi connectivity index (χ1v) is 13.4. The monoisotopic (exact) mass is 488 g/mol. The number of benzene rings is 3. The summed E-state index contributed by atoms with van der Waals surface area (Å²) in [6.07, 6.45) is 3.30. The molecular formula is C26H28N6O2S. The standard InChI is InChI=1S/C26H28N6O2S/c27-31-29-20-14-16-21(17-15-20)35(28,34)30-22-8-5-11-25(26(22)33)32-23-9-3-1-6-18(23)12-13-19-7-2-4-10-24(19)32/h1-4,6-7,9-10,14-17,22,25-26,33H,5,8,11-13H2,(H2,28,30,34). The maximum atomic E-state index is 13.3. The van der Waals surface area contributed by atoms with Crippen LogP contribution < -0.4 is 9.62 Å². The van der Waals surface area contributed by atoms with Gasteiger partial charge in [-0.15, -0.1) is 0 Å². The van der Waals surface area contributed by atoms with Crippen molar-refractivity contribution in [2.24, 2.45) is 5.11 Å². The Morgan fingerprint density at radius 1 is 0.971 bits per heavy atom. The van der Waals surface area contributed by atoms with Crippen molar-refractivity contribution in [3.8, 4) is 0 Å². The summed E-state index contributed by atoms with van der Waals surface area (Å²) in [5.74, 6) is 0. The van der Waals surface area contributed by atoms with Crippen LogP contribution in [0.15, 0.2) is 82.8 Å². The number of aliphatic hydroxyl groups is 1. The van der Waals surface area contributed by atoms with Crippen LogP contribution in [-0.4, -0.2) is 27.5 Å². The first-order chi connectivity index (χ1) is 17.0. The maximum Gasteiger partial charge on any atom is 0.134 e. The van der Waals surface area contributed by atoms with Gasteiger partial charge in [-0.1, -0.05) is 53.6 Å². The van der Waals surface area contributed by atoms with E-state index in [4.69, 9.17) is 10.3 Å². The number of aliphatic hydroxyl groups excluding tert-OH is 1. The number of anilines is 2. The molecule has 0 radical (unpaired) electrons. The molecule has 0 bridgehead atoms. The fourth-order valence-electron chi connectivity index (χ4n) is 5.28. The van der Waals surface area contributed by atoms with Crippen molar-refractivity contribution in [1.82, 2.24) is 4.72 Å². The topological polar surface area (TPSA) is 125 Å². The summed E-state index contributed by atoms with van der Waals surface area (Å²) < 4.78 is 24.8. The van der Waals surface area contributed by atoms with Crippen molar-refractivity contribution >= 4 is 27.0 Å². The lowest BCUT2D eigenvalue weighted by atomic mass is 9.86. The summed E-state index contributed by atoms with van der Waals surface area (Å²) in [6.45, 7) is 0. The second-order valence-electron chi connectivity index (χ2n) is 9.08. The van der Waals surface area contributed by atoms with Gasteiger partial charge in [0.05, 0.1) is 17.0 Å². The number of aryl methyl sites for hydroxylation is 2. The fraction of sp³-hybridized carbons (Fsp3) is 0.308. The largest absolute Gasteiger partial charge is 0.389 e. The lowest BCUT2D eigenvalue weighted by Crippen LogP contribution is -2.55. The average molecular weight is 489 g/mol. The minimum Gasteiger partial charge on any atom is -0.389 e. The Morgan fingerprint density at radius 2 is 1.57 bits per heavy atom. The molecule has 3 aromatic carbocycles. The van der Waals surface area contributed by atoms with Gasteiger partial charge in [0.1, 0.15) is 9.92 Å². The highest BCUT2D eigenvalue weighted by molar-refractivity contribution is 7.90. The Kier molecular flexibility index (Phi) is 6.49. The van der Waals surface area contributed by atoms with Gasteiger partial charge >= 0.3 is 0 Å². The molecule has 4 atom stereocenters. The Balaban J connectivity index is 1.46. The van der Waals surface area contributed by atoms with Gasteiger partial charge < -0.3 is 10.0 Å². The van der Waals surface area contributed by atoms with Crippen molar-refractivity contribution in [2.45, 2.75) is 55.2 Å². The predicted octanol–water partition coefficient (Wildman–Crippen LogP) is 5.76. The zero-order valence-corrected chi connectivity index (χ0v) is 20.1. The molecule has 0 spiro atoms. The van der Waals surface area contributed by atoms with E-state index >= 15 is 0 Å². The Morgan fingerprint density at radius 3 is 2.17 bits per heavy atom. The van der Waals surface area contributed by atoms with Crippen LogP contribution in [0.4, 0.5) is 17.1 Å². The smallest absolute Gasteiger partial charge is 0.134 e. The number of azide groups is 1. The normalized spacial score (nSPS) is 23.2. The van der Waals surface area contributed by atoms with Gasteiger partial charge in [-0.25, -0.2) is 13.7 Å². The van der Waals surface area contributed by atoms with Crippen LogP contribution >= 0.6 is 0 Å². The van der Waals surface area contributed by atoms with E-state index in [1.165, 1.54) is 35.4 Å². The number of hydrogen-bond acceptors (Lipinski definition) is 5. The Bertz CT molecular complexity index is 1320. The number of hydrogen-bond donors (Lipinski definition) is 3. The molecule has 0 saturated heterocycles. The van der Waals surface area contributed by atoms with E-state index in [0.29, 0.717) is 12.1 Å². The van der Waals surface area contributed by atoms with E-state index in [2.05, 4.69) is 56.0 Å². The lowest BCUT2D eigenvalue weighted by molar-refractivity contribution is 0.0816. The quantitative estimate of drug-likeness (QED) is 0.240. The molecule has 180 valence electrons. The van der Waals surface area contributed by atoms with E-state index < -0.39 is 22.1 Å². The second kappa shape index (κ2) is 9.71. The Labute approximate surface area is 205 Å². The molecular weight excluding hydrogens is 460 g/mol. The molecule has 4 unspecified atom stereocenters. The molecule has 1 aliphatic heterocycles. The minimum atomic E-state index is -3.37. The molecule has 2 aliphatic rings. The van der Waals surface area contributed by atoms with Crippen LogP contribution in [0.2, 0.25) is 0 Å². The number of para-hydroxylation sites is 2. The van der Waals surface area contributed by atoms with E-state index in [9.17, 15) is 9.32 Å². The van der Waals surface area contributed by atoms with Crippen LogP contribution in [0.5, 0.6) is 0 Å². The molecule has 0 amide bonds. The highest BCUT2D eigenvalue weighted by Gasteiger charge is 2.39. The zero-order valence-electron chi connectivity index (χ0n) is 19.2. The summed E-state index contributed by atoms with van der Waals surface area (Å²) in [4.78, 5) is 5.29. The highest BCUT2D eigenvalue weighted by Crippen LogP contribution is 2.41. The van der Waals surface area contributed by atoms with Crippen LogP contribution in [-0.2, 0) is 22.8 Å². The van der Waals surface area contributed by atoms with Gasteiger partial charge in [-0.05, 0) is 73.0 Å². The van der Waals surface area contributed by atoms with Crippen LogP contribution in [0, 0.1) is 4.78 Å². The van der Waals surface area contributed by atoms with Gasteiger partial charge in [0.15, 0.2) is 0 Å². The molecule has 1 fully saturated rings. The van der Waals surface area contributed by atoms with Gasteiger partial charge in [-0.2, -0.15) is 0 Å². The van der Waals surface area contributed by atoms with Crippen LogP contribution in [0.1, 0.15) is 30.4 Å². The lowest BCUT2D eigenvalue weighted by Gasteiger charge is -2.43. The zero-order chi connectivity index (χ0) is 24.4. The van der Waals surface area contributed by atoms with E-state index in [1.54, 1.807) is 0 Å². The molecule has 1 aliphatic carbocycles.